The van der Waals surface area contributed by atoms with Crippen LogP contribution in [0.1, 0.15) is 11.1 Å². The van der Waals surface area contributed by atoms with E-state index in [1.807, 2.05) is 30.5 Å². The van der Waals surface area contributed by atoms with Gasteiger partial charge in [0.2, 0.25) is 0 Å². The van der Waals surface area contributed by atoms with Gasteiger partial charge in [-0.2, -0.15) is 5.10 Å². The number of rotatable bonds is 4. The van der Waals surface area contributed by atoms with E-state index in [1.165, 1.54) is 5.56 Å². The maximum atomic E-state index is 5.93. The highest BCUT2D eigenvalue weighted by Crippen LogP contribution is 2.13. The van der Waals surface area contributed by atoms with Crippen LogP contribution in [0.3, 0.4) is 0 Å². The van der Waals surface area contributed by atoms with Gasteiger partial charge in [-0.1, -0.05) is 51.8 Å². The Morgan fingerprint density at radius 2 is 1.61 bits per heavy atom. The molecule has 0 unspecified atom stereocenters. The molecule has 0 saturated carbocycles. The fourth-order valence-electron chi connectivity index (χ4n) is 2.56. The molecule has 1 aliphatic heterocycles. The van der Waals surface area contributed by atoms with Crippen LogP contribution in [-0.4, -0.2) is 42.3 Å². The van der Waals surface area contributed by atoms with E-state index in [0.29, 0.717) is 0 Å². The number of nitrogens with zero attached hydrogens (tertiary/aromatic N) is 3. The van der Waals surface area contributed by atoms with Gasteiger partial charge >= 0.3 is 0 Å². The van der Waals surface area contributed by atoms with Gasteiger partial charge in [0, 0.05) is 42.2 Å². The number of hydrogen-bond acceptors (Lipinski definition) is 3. The van der Waals surface area contributed by atoms with Crippen LogP contribution < -0.4 is 0 Å². The van der Waals surface area contributed by atoms with Crippen LogP contribution in [0.4, 0.5) is 0 Å². The Bertz CT molecular complexity index is 647. The molecule has 0 aliphatic carbocycles. The number of hydrogen-bond donors (Lipinski definition) is 0. The monoisotopic (exact) mass is 391 g/mol. The van der Waals surface area contributed by atoms with Crippen LogP contribution in [0.5, 0.6) is 0 Å². The van der Waals surface area contributed by atoms with Gasteiger partial charge in [-0.05, 0) is 35.4 Å². The van der Waals surface area contributed by atoms with Crippen molar-refractivity contribution in [3.8, 4) is 0 Å². The van der Waals surface area contributed by atoms with E-state index < -0.39 is 0 Å². The van der Waals surface area contributed by atoms with Gasteiger partial charge in [-0.15, -0.1) is 0 Å². The molecule has 120 valence electrons. The van der Waals surface area contributed by atoms with Gasteiger partial charge in [0.05, 0.1) is 6.21 Å². The molecule has 1 fully saturated rings. The maximum Gasteiger partial charge on any atom is 0.0542 e. The van der Waals surface area contributed by atoms with Crippen molar-refractivity contribution in [3.05, 3.63) is 69.2 Å². The Kier molecular flexibility index (Phi) is 5.70. The lowest BCUT2D eigenvalue weighted by molar-refractivity contribution is 0.131. The molecule has 0 amide bonds. The van der Waals surface area contributed by atoms with Crippen LogP contribution >= 0.6 is 27.5 Å². The molecule has 0 N–H and O–H groups in total. The van der Waals surface area contributed by atoms with Crippen molar-refractivity contribution >= 4 is 33.7 Å². The molecule has 1 heterocycles. The van der Waals surface area contributed by atoms with Crippen LogP contribution in [0, 0.1) is 0 Å². The highest BCUT2D eigenvalue weighted by molar-refractivity contribution is 9.10. The quantitative estimate of drug-likeness (QED) is 0.724. The minimum Gasteiger partial charge on any atom is -0.295 e. The fourth-order valence-corrected chi connectivity index (χ4v) is 2.95. The van der Waals surface area contributed by atoms with Crippen LogP contribution in [0.2, 0.25) is 5.02 Å². The van der Waals surface area contributed by atoms with Crippen molar-refractivity contribution in [2.45, 2.75) is 6.54 Å². The number of hydrazone groups is 1. The Morgan fingerprint density at radius 1 is 0.957 bits per heavy atom. The molecular weight excluding hydrogens is 374 g/mol. The molecule has 0 aromatic heterocycles. The Balaban J connectivity index is 1.48. The first-order valence-electron chi connectivity index (χ1n) is 7.70. The van der Waals surface area contributed by atoms with Gasteiger partial charge in [-0.3, -0.25) is 9.91 Å². The average Bonchev–Trinajstić information content (AvgIpc) is 2.58. The summed E-state index contributed by atoms with van der Waals surface area (Å²) in [6, 6.07) is 16.3. The van der Waals surface area contributed by atoms with Crippen molar-refractivity contribution in [2.75, 3.05) is 26.2 Å². The van der Waals surface area contributed by atoms with Crippen molar-refractivity contribution in [1.29, 1.82) is 0 Å². The summed E-state index contributed by atoms with van der Waals surface area (Å²) in [6.45, 7) is 4.95. The zero-order chi connectivity index (χ0) is 16.1. The highest BCUT2D eigenvalue weighted by atomic mass is 79.9. The van der Waals surface area contributed by atoms with E-state index in [9.17, 15) is 0 Å². The summed E-state index contributed by atoms with van der Waals surface area (Å²) in [6.07, 6.45) is 1.93. The lowest BCUT2D eigenvalue weighted by Gasteiger charge is -2.33. The number of benzene rings is 2. The minimum atomic E-state index is 0.792. The largest absolute Gasteiger partial charge is 0.295 e. The summed E-state index contributed by atoms with van der Waals surface area (Å²) in [7, 11) is 0. The van der Waals surface area contributed by atoms with E-state index in [-0.39, 0.29) is 0 Å². The Morgan fingerprint density at radius 3 is 2.26 bits per heavy atom. The fraction of sp³-hybridized carbons (Fsp3) is 0.278. The standard InChI is InChI=1S/C18H19BrClN3/c19-17-5-1-15(2-6-17)13-21-23-11-9-22(10-12-23)14-16-3-7-18(20)8-4-16/h1-8,13H,9-12,14H2. The lowest BCUT2D eigenvalue weighted by atomic mass is 10.2. The first kappa shape index (κ1) is 16.5. The summed E-state index contributed by atoms with van der Waals surface area (Å²) >= 11 is 9.37. The number of halogens is 2. The van der Waals surface area contributed by atoms with Gasteiger partial charge < -0.3 is 0 Å². The van der Waals surface area contributed by atoms with Crippen molar-refractivity contribution in [2.24, 2.45) is 5.10 Å². The first-order valence-corrected chi connectivity index (χ1v) is 8.87. The summed E-state index contributed by atoms with van der Waals surface area (Å²) in [5, 5.41) is 7.52. The van der Waals surface area contributed by atoms with Crippen molar-refractivity contribution in [3.63, 3.8) is 0 Å². The molecule has 23 heavy (non-hydrogen) atoms. The molecule has 3 nitrogen and oxygen atoms in total. The predicted molar refractivity (Wildman–Crippen MR) is 100 cm³/mol. The van der Waals surface area contributed by atoms with E-state index in [1.54, 1.807) is 0 Å². The van der Waals surface area contributed by atoms with Crippen LogP contribution in [0.25, 0.3) is 0 Å². The van der Waals surface area contributed by atoms with E-state index >= 15 is 0 Å². The molecule has 0 atom stereocenters. The zero-order valence-corrected chi connectivity index (χ0v) is 15.2. The van der Waals surface area contributed by atoms with Gasteiger partial charge in [0.15, 0.2) is 0 Å². The molecule has 5 heteroatoms. The number of piperazine rings is 1. The van der Waals surface area contributed by atoms with Gasteiger partial charge in [-0.25, -0.2) is 0 Å². The molecular formula is C18H19BrClN3. The SMILES string of the molecule is Clc1ccc(CN2CCN(N=Cc3ccc(Br)cc3)CC2)cc1. The van der Waals surface area contributed by atoms with Crippen LogP contribution in [-0.2, 0) is 6.54 Å². The normalized spacial score (nSPS) is 16.2. The zero-order valence-electron chi connectivity index (χ0n) is 12.8. The highest BCUT2D eigenvalue weighted by Gasteiger charge is 2.15. The second kappa shape index (κ2) is 7.95. The van der Waals surface area contributed by atoms with Crippen LogP contribution in [0.15, 0.2) is 58.1 Å². The van der Waals surface area contributed by atoms with Gasteiger partial charge in [0.25, 0.3) is 0 Å². The van der Waals surface area contributed by atoms with E-state index in [2.05, 4.69) is 55.2 Å². The van der Waals surface area contributed by atoms with E-state index in [4.69, 9.17) is 11.6 Å². The summed E-state index contributed by atoms with van der Waals surface area (Å²) < 4.78 is 1.09. The smallest absolute Gasteiger partial charge is 0.0542 e. The van der Waals surface area contributed by atoms with Crippen molar-refractivity contribution < 1.29 is 0 Å². The lowest BCUT2D eigenvalue weighted by Crippen LogP contribution is -2.43. The molecule has 1 aliphatic rings. The molecule has 3 rings (SSSR count). The second-order valence-corrected chi connectivity index (χ2v) is 7.00. The predicted octanol–water partition coefficient (Wildman–Crippen LogP) is 4.25. The summed E-state index contributed by atoms with van der Waals surface area (Å²) in [5.41, 5.74) is 2.43. The third-order valence-corrected chi connectivity index (χ3v) is 4.69. The Labute approximate surface area is 150 Å². The van der Waals surface area contributed by atoms with Gasteiger partial charge in [0.1, 0.15) is 0 Å². The minimum absolute atomic E-state index is 0.792. The molecule has 2 aromatic carbocycles. The average molecular weight is 393 g/mol. The first-order chi connectivity index (χ1) is 11.2. The van der Waals surface area contributed by atoms with E-state index in [0.717, 1.165) is 47.8 Å². The maximum absolute atomic E-state index is 5.93. The Hall–Kier alpha value is -1.36. The third kappa shape index (κ3) is 5.06. The molecule has 0 spiro atoms. The third-order valence-electron chi connectivity index (χ3n) is 3.91. The summed E-state index contributed by atoms with van der Waals surface area (Å²) in [4.78, 5) is 2.45. The topological polar surface area (TPSA) is 18.8 Å². The molecule has 0 bridgehead atoms. The van der Waals surface area contributed by atoms with Crippen molar-refractivity contribution in [1.82, 2.24) is 9.91 Å². The molecule has 1 saturated heterocycles. The molecule has 0 radical (unpaired) electrons. The summed E-state index contributed by atoms with van der Waals surface area (Å²) in [5.74, 6) is 0. The molecule has 2 aromatic rings. The second-order valence-electron chi connectivity index (χ2n) is 5.65.